The first-order chi connectivity index (χ1) is 9.88. The smallest absolute Gasteiger partial charge is 0.258 e. The van der Waals surface area contributed by atoms with Crippen molar-refractivity contribution in [3.05, 3.63) is 34.4 Å². The SMILES string of the molecule is N#CC1(NS(=O)(=O)c2cccc([N+](=O)[O-])c2)CCCCC1. The first-order valence-electron chi connectivity index (χ1n) is 6.58. The molecule has 0 atom stereocenters. The lowest BCUT2D eigenvalue weighted by atomic mass is 9.84. The van der Waals surface area contributed by atoms with Gasteiger partial charge in [0.2, 0.25) is 10.0 Å². The van der Waals surface area contributed by atoms with Gasteiger partial charge in [0.25, 0.3) is 5.69 Å². The number of nitro groups is 1. The maximum Gasteiger partial charge on any atom is 0.270 e. The number of nitrogens with one attached hydrogen (secondary N) is 1. The Labute approximate surface area is 122 Å². The highest BCUT2D eigenvalue weighted by Gasteiger charge is 2.36. The van der Waals surface area contributed by atoms with E-state index in [1.165, 1.54) is 18.2 Å². The highest BCUT2D eigenvalue weighted by atomic mass is 32.2. The summed E-state index contributed by atoms with van der Waals surface area (Å²) in [6.45, 7) is 0. The van der Waals surface area contributed by atoms with E-state index < -0.39 is 20.5 Å². The Morgan fingerprint density at radius 1 is 1.29 bits per heavy atom. The largest absolute Gasteiger partial charge is 0.270 e. The van der Waals surface area contributed by atoms with Gasteiger partial charge in [-0.25, -0.2) is 8.42 Å². The predicted octanol–water partition coefficient (Wildman–Crippen LogP) is 2.10. The maximum atomic E-state index is 12.4. The standard InChI is InChI=1S/C13H15N3O4S/c14-10-13(7-2-1-3-8-13)15-21(19,20)12-6-4-5-11(9-12)16(17)18/h4-6,9,15H,1-3,7-8H2. The van der Waals surface area contributed by atoms with Crippen molar-refractivity contribution in [3.8, 4) is 6.07 Å². The zero-order valence-electron chi connectivity index (χ0n) is 11.3. The van der Waals surface area contributed by atoms with Crippen LogP contribution in [0, 0.1) is 21.4 Å². The van der Waals surface area contributed by atoms with E-state index in [-0.39, 0.29) is 10.6 Å². The summed E-state index contributed by atoms with van der Waals surface area (Å²) in [4.78, 5) is 9.88. The van der Waals surface area contributed by atoms with Gasteiger partial charge in [-0.05, 0) is 18.9 Å². The molecule has 1 aliphatic carbocycles. The Morgan fingerprint density at radius 3 is 2.52 bits per heavy atom. The number of hydrogen-bond donors (Lipinski definition) is 1. The Bertz CT molecular complexity index is 688. The van der Waals surface area contributed by atoms with Gasteiger partial charge in [0.05, 0.1) is 15.9 Å². The van der Waals surface area contributed by atoms with Crippen LogP contribution in [0.3, 0.4) is 0 Å². The second-order valence-electron chi connectivity index (χ2n) is 5.11. The summed E-state index contributed by atoms with van der Waals surface area (Å²) in [5.41, 5.74) is -1.41. The number of rotatable bonds is 4. The minimum absolute atomic E-state index is 0.197. The maximum absolute atomic E-state index is 12.4. The Morgan fingerprint density at radius 2 is 1.95 bits per heavy atom. The van der Waals surface area contributed by atoms with E-state index in [4.69, 9.17) is 0 Å². The zero-order chi connectivity index (χ0) is 15.5. The summed E-state index contributed by atoms with van der Waals surface area (Å²) in [6.07, 6.45) is 3.45. The molecule has 0 bridgehead atoms. The summed E-state index contributed by atoms with van der Waals surface area (Å²) < 4.78 is 27.1. The zero-order valence-corrected chi connectivity index (χ0v) is 12.1. The molecular formula is C13H15N3O4S. The third kappa shape index (κ3) is 3.37. The number of nitrogens with zero attached hydrogens (tertiary/aromatic N) is 2. The van der Waals surface area contributed by atoms with Crippen LogP contribution in [0.25, 0.3) is 0 Å². The van der Waals surface area contributed by atoms with Crippen LogP contribution in [0.4, 0.5) is 5.69 Å². The van der Waals surface area contributed by atoms with E-state index in [0.717, 1.165) is 25.3 Å². The average Bonchev–Trinajstić information content (AvgIpc) is 2.48. The van der Waals surface area contributed by atoms with Gasteiger partial charge >= 0.3 is 0 Å². The minimum Gasteiger partial charge on any atom is -0.258 e. The fraction of sp³-hybridized carbons (Fsp3) is 0.462. The summed E-state index contributed by atoms with van der Waals surface area (Å²) in [5.74, 6) is 0. The van der Waals surface area contributed by atoms with Crippen LogP contribution in [0.5, 0.6) is 0 Å². The average molecular weight is 309 g/mol. The van der Waals surface area contributed by atoms with Crippen LogP contribution in [0.15, 0.2) is 29.2 Å². The molecule has 1 fully saturated rings. The first-order valence-corrected chi connectivity index (χ1v) is 8.07. The molecule has 0 radical (unpaired) electrons. The highest BCUT2D eigenvalue weighted by molar-refractivity contribution is 7.89. The van der Waals surface area contributed by atoms with E-state index in [1.54, 1.807) is 0 Å². The van der Waals surface area contributed by atoms with Gasteiger partial charge in [0.15, 0.2) is 0 Å². The molecule has 112 valence electrons. The summed E-state index contributed by atoms with van der Waals surface area (Å²) in [5, 5.41) is 20.0. The lowest BCUT2D eigenvalue weighted by molar-refractivity contribution is -0.385. The van der Waals surface area contributed by atoms with Crippen LogP contribution < -0.4 is 4.72 Å². The van der Waals surface area contributed by atoms with Crippen molar-refractivity contribution in [2.45, 2.75) is 42.5 Å². The number of sulfonamides is 1. The lowest BCUT2D eigenvalue weighted by Gasteiger charge is -2.31. The highest BCUT2D eigenvalue weighted by Crippen LogP contribution is 2.29. The Kier molecular flexibility index (Phi) is 4.25. The van der Waals surface area contributed by atoms with Crippen molar-refractivity contribution < 1.29 is 13.3 Å². The van der Waals surface area contributed by atoms with Crippen molar-refractivity contribution in [2.24, 2.45) is 0 Å². The molecule has 1 N–H and O–H groups in total. The number of benzene rings is 1. The van der Waals surface area contributed by atoms with Crippen LogP contribution in [0.1, 0.15) is 32.1 Å². The van der Waals surface area contributed by atoms with Crippen LogP contribution in [0.2, 0.25) is 0 Å². The third-order valence-corrected chi connectivity index (χ3v) is 5.12. The fourth-order valence-electron chi connectivity index (χ4n) is 2.47. The molecule has 1 aromatic rings. The number of non-ortho nitro benzene ring substituents is 1. The molecule has 0 spiro atoms. The predicted molar refractivity (Wildman–Crippen MR) is 74.8 cm³/mol. The number of nitro benzene ring substituents is 1. The van der Waals surface area contributed by atoms with E-state index >= 15 is 0 Å². The second-order valence-corrected chi connectivity index (χ2v) is 6.80. The van der Waals surface area contributed by atoms with Gasteiger partial charge in [-0.3, -0.25) is 10.1 Å². The van der Waals surface area contributed by atoms with E-state index in [0.29, 0.717) is 12.8 Å². The van der Waals surface area contributed by atoms with Crippen molar-refractivity contribution in [1.29, 1.82) is 5.26 Å². The molecule has 8 heteroatoms. The second kappa shape index (κ2) is 5.79. The Balaban J connectivity index is 2.32. The number of hydrogen-bond acceptors (Lipinski definition) is 5. The quantitative estimate of drug-likeness (QED) is 0.676. The van der Waals surface area contributed by atoms with Crippen molar-refractivity contribution in [3.63, 3.8) is 0 Å². The van der Waals surface area contributed by atoms with Crippen LogP contribution in [-0.2, 0) is 10.0 Å². The minimum atomic E-state index is -3.96. The summed E-state index contributed by atoms with van der Waals surface area (Å²) >= 11 is 0. The van der Waals surface area contributed by atoms with Crippen LogP contribution in [-0.4, -0.2) is 18.9 Å². The van der Waals surface area contributed by atoms with Crippen LogP contribution >= 0.6 is 0 Å². The fourth-order valence-corrected chi connectivity index (χ4v) is 3.89. The molecule has 0 amide bonds. The molecule has 21 heavy (non-hydrogen) atoms. The van der Waals surface area contributed by atoms with Gasteiger partial charge in [0, 0.05) is 12.1 Å². The third-order valence-electron chi connectivity index (χ3n) is 3.59. The molecule has 0 saturated heterocycles. The number of nitriles is 1. The van der Waals surface area contributed by atoms with Crippen molar-refractivity contribution >= 4 is 15.7 Å². The van der Waals surface area contributed by atoms with Gasteiger partial charge in [-0.2, -0.15) is 9.98 Å². The molecule has 1 saturated carbocycles. The van der Waals surface area contributed by atoms with E-state index in [1.807, 2.05) is 0 Å². The molecule has 1 aromatic carbocycles. The van der Waals surface area contributed by atoms with Crippen molar-refractivity contribution in [1.82, 2.24) is 4.72 Å². The first kappa shape index (κ1) is 15.4. The van der Waals surface area contributed by atoms with Crippen molar-refractivity contribution in [2.75, 3.05) is 0 Å². The van der Waals surface area contributed by atoms with Gasteiger partial charge in [-0.15, -0.1) is 0 Å². The molecule has 0 aliphatic heterocycles. The van der Waals surface area contributed by atoms with Gasteiger partial charge < -0.3 is 0 Å². The van der Waals surface area contributed by atoms with E-state index in [9.17, 15) is 23.8 Å². The summed E-state index contributed by atoms with van der Waals surface area (Å²) in [6, 6.07) is 6.87. The van der Waals surface area contributed by atoms with Gasteiger partial charge in [-0.1, -0.05) is 25.3 Å². The molecule has 1 aliphatic rings. The molecule has 0 aromatic heterocycles. The monoisotopic (exact) mass is 309 g/mol. The molecule has 2 rings (SSSR count). The molecule has 0 heterocycles. The topological polar surface area (TPSA) is 113 Å². The molecule has 0 unspecified atom stereocenters. The van der Waals surface area contributed by atoms with Gasteiger partial charge in [0.1, 0.15) is 5.54 Å². The van der Waals surface area contributed by atoms with E-state index in [2.05, 4.69) is 10.8 Å². The summed E-state index contributed by atoms with van der Waals surface area (Å²) in [7, 11) is -3.96. The normalized spacial score (nSPS) is 17.9. The Hall–Kier alpha value is -1.98. The molecule has 7 nitrogen and oxygen atoms in total. The molecular weight excluding hydrogens is 294 g/mol. The lowest BCUT2D eigenvalue weighted by Crippen LogP contribution is -2.48.